The lowest BCUT2D eigenvalue weighted by Gasteiger charge is -2.16. The summed E-state index contributed by atoms with van der Waals surface area (Å²) in [5, 5.41) is 6.51. The molecule has 106 valence electrons. The molecule has 1 aromatic rings. The summed E-state index contributed by atoms with van der Waals surface area (Å²) < 4.78 is 0. The minimum Gasteiger partial charge on any atom is -0.348 e. The number of benzene rings is 1. The Morgan fingerprint density at radius 3 is 2.90 bits per heavy atom. The summed E-state index contributed by atoms with van der Waals surface area (Å²) in [4.78, 5) is 14.9. The molecule has 1 aromatic carbocycles. The molecule has 1 unspecified atom stereocenters. The molecule has 20 heavy (non-hydrogen) atoms. The molecule has 4 rings (SSSR count). The van der Waals surface area contributed by atoms with Gasteiger partial charge in [-0.1, -0.05) is 6.07 Å². The van der Waals surface area contributed by atoms with Crippen LogP contribution in [0.15, 0.2) is 18.2 Å². The van der Waals surface area contributed by atoms with Crippen molar-refractivity contribution in [2.75, 3.05) is 13.1 Å². The van der Waals surface area contributed by atoms with Crippen LogP contribution in [0.2, 0.25) is 0 Å². The van der Waals surface area contributed by atoms with E-state index in [0.717, 1.165) is 44.2 Å². The summed E-state index contributed by atoms with van der Waals surface area (Å²) >= 11 is 0. The van der Waals surface area contributed by atoms with Gasteiger partial charge in [0.2, 0.25) is 0 Å². The molecule has 4 heteroatoms. The normalized spacial score (nSPS) is 25.7. The van der Waals surface area contributed by atoms with E-state index in [2.05, 4.69) is 21.6 Å². The third-order valence-corrected chi connectivity index (χ3v) is 4.72. The average molecular weight is 271 g/mol. The predicted molar refractivity (Wildman–Crippen MR) is 77.5 cm³/mol. The van der Waals surface area contributed by atoms with Crippen LogP contribution in [-0.4, -0.2) is 36.0 Å². The van der Waals surface area contributed by atoms with Crippen LogP contribution in [0.3, 0.4) is 0 Å². The van der Waals surface area contributed by atoms with Gasteiger partial charge < -0.3 is 10.6 Å². The van der Waals surface area contributed by atoms with Crippen LogP contribution in [0.1, 0.15) is 40.7 Å². The molecule has 2 heterocycles. The highest BCUT2D eigenvalue weighted by Crippen LogP contribution is 2.29. The molecule has 0 bridgehead atoms. The van der Waals surface area contributed by atoms with E-state index in [4.69, 9.17) is 0 Å². The van der Waals surface area contributed by atoms with Crippen molar-refractivity contribution in [1.82, 2.24) is 15.5 Å². The molecule has 1 amide bonds. The maximum Gasteiger partial charge on any atom is 0.251 e. The van der Waals surface area contributed by atoms with E-state index in [1.54, 1.807) is 0 Å². The molecule has 4 nitrogen and oxygen atoms in total. The predicted octanol–water partition coefficient (Wildman–Crippen LogP) is 1.26. The van der Waals surface area contributed by atoms with E-state index in [1.165, 1.54) is 24.0 Å². The molecule has 0 radical (unpaired) electrons. The van der Waals surface area contributed by atoms with E-state index in [9.17, 15) is 4.79 Å². The molecular formula is C16H21N3O. The van der Waals surface area contributed by atoms with Gasteiger partial charge in [-0.3, -0.25) is 9.69 Å². The SMILES string of the molecule is O=C(NC1CCN(C2CC2)C1)c1ccc2c(c1)CNC2. The molecule has 2 aliphatic heterocycles. The summed E-state index contributed by atoms with van der Waals surface area (Å²) in [5.74, 6) is 0.0855. The minimum atomic E-state index is 0.0855. The lowest BCUT2D eigenvalue weighted by molar-refractivity contribution is 0.0937. The van der Waals surface area contributed by atoms with Crippen molar-refractivity contribution >= 4 is 5.91 Å². The quantitative estimate of drug-likeness (QED) is 0.870. The molecule has 2 fully saturated rings. The number of rotatable bonds is 3. The Morgan fingerprint density at radius 1 is 1.20 bits per heavy atom. The van der Waals surface area contributed by atoms with Gasteiger partial charge in [0.1, 0.15) is 0 Å². The van der Waals surface area contributed by atoms with Gasteiger partial charge in [-0.05, 0) is 42.5 Å². The fourth-order valence-electron chi connectivity index (χ4n) is 3.38. The Bertz CT molecular complexity index is 539. The second kappa shape index (κ2) is 4.86. The molecule has 1 aliphatic carbocycles. The number of hydrogen-bond donors (Lipinski definition) is 2. The van der Waals surface area contributed by atoms with Crippen LogP contribution in [0.25, 0.3) is 0 Å². The van der Waals surface area contributed by atoms with Gasteiger partial charge in [-0.25, -0.2) is 0 Å². The third-order valence-electron chi connectivity index (χ3n) is 4.72. The van der Waals surface area contributed by atoms with E-state index in [1.807, 2.05) is 12.1 Å². The Kier molecular flexibility index (Phi) is 3.00. The van der Waals surface area contributed by atoms with Crippen molar-refractivity contribution in [3.8, 4) is 0 Å². The summed E-state index contributed by atoms with van der Waals surface area (Å²) in [6.45, 7) is 3.98. The van der Waals surface area contributed by atoms with E-state index in [-0.39, 0.29) is 5.91 Å². The van der Waals surface area contributed by atoms with Crippen LogP contribution in [-0.2, 0) is 13.1 Å². The number of carbonyl (C=O) groups excluding carboxylic acids is 1. The van der Waals surface area contributed by atoms with Crippen molar-refractivity contribution in [2.24, 2.45) is 0 Å². The molecule has 3 aliphatic rings. The van der Waals surface area contributed by atoms with E-state index < -0.39 is 0 Å². The van der Waals surface area contributed by atoms with Gasteiger partial charge >= 0.3 is 0 Å². The summed E-state index contributed by atoms with van der Waals surface area (Å²) in [6, 6.07) is 7.21. The maximum absolute atomic E-state index is 12.3. The first-order valence-electron chi connectivity index (χ1n) is 7.67. The van der Waals surface area contributed by atoms with Crippen molar-refractivity contribution in [1.29, 1.82) is 0 Å². The zero-order chi connectivity index (χ0) is 13.5. The van der Waals surface area contributed by atoms with Gasteiger partial charge in [-0.15, -0.1) is 0 Å². The average Bonchev–Trinajstić information content (AvgIpc) is 3.02. The highest BCUT2D eigenvalue weighted by Gasteiger charge is 2.34. The zero-order valence-corrected chi connectivity index (χ0v) is 11.7. The lowest BCUT2D eigenvalue weighted by Crippen LogP contribution is -2.37. The summed E-state index contributed by atoms with van der Waals surface area (Å²) in [6.07, 6.45) is 3.78. The Morgan fingerprint density at radius 2 is 2.05 bits per heavy atom. The van der Waals surface area contributed by atoms with E-state index in [0.29, 0.717) is 6.04 Å². The van der Waals surface area contributed by atoms with Gasteiger partial charge in [-0.2, -0.15) is 0 Å². The molecule has 0 aromatic heterocycles. The molecule has 1 saturated carbocycles. The summed E-state index contributed by atoms with van der Waals surface area (Å²) in [7, 11) is 0. The summed E-state index contributed by atoms with van der Waals surface area (Å²) in [5.41, 5.74) is 3.39. The fraction of sp³-hybridized carbons (Fsp3) is 0.562. The number of nitrogens with one attached hydrogen (secondary N) is 2. The highest BCUT2D eigenvalue weighted by atomic mass is 16.1. The van der Waals surface area contributed by atoms with Crippen molar-refractivity contribution in [3.63, 3.8) is 0 Å². The second-order valence-corrected chi connectivity index (χ2v) is 6.27. The molecular weight excluding hydrogens is 250 g/mol. The third kappa shape index (κ3) is 2.34. The standard InChI is InChI=1S/C16H21N3O/c20-16(11-1-2-12-8-17-9-13(12)7-11)18-14-5-6-19(10-14)15-3-4-15/h1-2,7,14-15,17H,3-6,8-10H2,(H,18,20). The van der Waals surface area contributed by atoms with Crippen molar-refractivity contribution in [3.05, 3.63) is 34.9 Å². The van der Waals surface area contributed by atoms with Crippen molar-refractivity contribution < 1.29 is 4.79 Å². The first kappa shape index (κ1) is 12.4. The largest absolute Gasteiger partial charge is 0.348 e. The van der Waals surface area contributed by atoms with Gasteiger partial charge in [0.25, 0.3) is 5.91 Å². The zero-order valence-electron chi connectivity index (χ0n) is 11.7. The van der Waals surface area contributed by atoms with Gasteiger partial charge in [0.05, 0.1) is 0 Å². The lowest BCUT2D eigenvalue weighted by atomic mass is 10.1. The number of carbonyl (C=O) groups is 1. The minimum absolute atomic E-state index is 0.0855. The van der Waals surface area contributed by atoms with Crippen LogP contribution >= 0.6 is 0 Å². The molecule has 1 atom stereocenters. The van der Waals surface area contributed by atoms with Crippen LogP contribution in [0.5, 0.6) is 0 Å². The number of likely N-dealkylation sites (tertiary alicyclic amines) is 1. The van der Waals surface area contributed by atoms with Crippen LogP contribution < -0.4 is 10.6 Å². The van der Waals surface area contributed by atoms with Crippen LogP contribution in [0, 0.1) is 0 Å². The fourth-order valence-corrected chi connectivity index (χ4v) is 3.38. The van der Waals surface area contributed by atoms with Crippen LogP contribution in [0.4, 0.5) is 0 Å². The monoisotopic (exact) mass is 271 g/mol. The maximum atomic E-state index is 12.3. The smallest absolute Gasteiger partial charge is 0.251 e. The van der Waals surface area contributed by atoms with Gasteiger partial charge in [0, 0.05) is 43.8 Å². The number of amides is 1. The first-order valence-corrected chi connectivity index (χ1v) is 7.67. The Hall–Kier alpha value is -1.39. The Labute approximate surface area is 119 Å². The number of hydrogen-bond acceptors (Lipinski definition) is 3. The number of nitrogens with zero attached hydrogens (tertiary/aromatic N) is 1. The molecule has 1 saturated heterocycles. The second-order valence-electron chi connectivity index (χ2n) is 6.27. The highest BCUT2D eigenvalue weighted by molar-refractivity contribution is 5.94. The van der Waals surface area contributed by atoms with Crippen molar-refractivity contribution in [2.45, 2.75) is 44.4 Å². The van der Waals surface area contributed by atoms with Gasteiger partial charge in [0.15, 0.2) is 0 Å². The molecule has 2 N–H and O–H groups in total. The Balaban J connectivity index is 1.40. The first-order chi connectivity index (χ1) is 9.79. The molecule has 0 spiro atoms. The topological polar surface area (TPSA) is 44.4 Å². The van der Waals surface area contributed by atoms with E-state index >= 15 is 0 Å². The number of fused-ring (bicyclic) bond motifs is 1.